The monoisotopic (exact) mass is 436 g/mol. The van der Waals surface area contributed by atoms with E-state index in [9.17, 15) is 26.4 Å². The highest BCUT2D eigenvalue weighted by Crippen LogP contribution is 2.37. The summed E-state index contributed by atoms with van der Waals surface area (Å²) in [4.78, 5) is 11.6. The highest BCUT2D eigenvalue weighted by molar-refractivity contribution is 7.88. The number of rotatable bonds is 5. The fourth-order valence-electron chi connectivity index (χ4n) is 2.71. The second-order valence-corrected chi connectivity index (χ2v) is 7.67. The summed E-state index contributed by atoms with van der Waals surface area (Å²) in [5, 5.41) is 0. The third-order valence-corrected chi connectivity index (χ3v) is 5.15. The number of ether oxygens (including phenoxy) is 1. The minimum absolute atomic E-state index is 0.110. The highest BCUT2D eigenvalue weighted by Gasteiger charge is 2.48. The van der Waals surface area contributed by atoms with Crippen LogP contribution in [0.1, 0.15) is 10.4 Å². The van der Waals surface area contributed by atoms with Gasteiger partial charge in [0.1, 0.15) is 0 Å². The normalized spacial score (nSPS) is 11.7. The van der Waals surface area contributed by atoms with Gasteiger partial charge < -0.3 is 8.92 Å². The molecule has 0 radical (unpaired) electrons. The molecule has 156 valence electrons. The first-order chi connectivity index (χ1) is 14.1. The molecule has 0 N–H and O–H groups in total. The van der Waals surface area contributed by atoms with Gasteiger partial charge in [-0.2, -0.15) is 21.6 Å². The van der Waals surface area contributed by atoms with Crippen LogP contribution in [0.25, 0.3) is 22.3 Å². The van der Waals surface area contributed by atoms with Crippen molar-refractivity contribution < 1.29 is 35.3 Å². The van der Waals surface area contributed by atoms with Gasteiger partial charge in [0, 0.05) is 5.56 Å². The number of methoxy groups -OCH3 is 1. The molecule has 0 unspecified atom stereocenters. The maximum atomic E-state index is 12.9. The van der Waals surface area contributed by atoms with Gasteiger partial charge in [0.05, 0.1) is 12.7 Å². The smallest absolute Gasteiger partial charge is 0.465 e. The van der Waals surface area contributed by atoms with E-state index in [0.717, 1.165) is 0 Å². The Morgan fingerprint density at radius 2 is 1.43 bits per heavy atom. The van der Waals surface area contributed by atoms with E-state index >= 15 is 0 Å². The van der Waals surface area contributed by atoms with Crippen molar-refractivity contribution in [3.8, 4) is 28.0 Å². The lowest BCUT2D eigenvalue weighted by molar-refractivity contribution is -0.0499. The number of carbonyl (C=O) groups excluding carboxylic acids is 1. The number of alkyl halides is 3. The van der Waals surface area contributed by atoms with Crippen LogP contribution in [-0.4, -0.2) is 27.0 Å². The van der Waals surface area contributed by atoms with Crippen LogP contribution in [0.2, 0.25) is 0 Å². The van der Waals surface area contributed by atoms with Gasteiger partial charge in [-0.1, -0.05) is 48.5 Å². The minimum Gasteiger partial charge on any atom is -0.465 e. The molecule has 5 nitrogen and oxygen atoms in total. The second kappa shape index (κ2) is 8.19. The van der Waals surface area contributed by atoms with E-state index in [-0.39, 0.29) is 11.1 Å². The summed E-state index contributed by atoms with van der Waals surface area (Å²) in [6, 6.07) is 18.7. The van der Waals surface area contributed by atoms with Crippen LogP contribution in [0.5, 0.6) is 5.75 Å². The zero-order chi connectivity index (χ0) is 21.9. The van der Waals surface area contributed by atoms with Gasteiger partial charge in [-0.15, -0.1) is 0 Å². The Bertz CT molecular complexity index is 1160. The molecular formula is C21H15F3O5S. The lowest BCUT2D eigenvalue weighted by Crippen LogP contribution is -2.28. The number of hydrogen-bond acceptors (Lipinski definition) is 5. The summed E-state index contributed by atoms with van der Waals surface area (Å²) in [6.45, 7) is 0. The second-order valence-electron chi connectivity index (χ2n) is 6.13. The van der Waals surface area contributed by atoms with E-state index in [1.54, 1.807) is 36.4 Å². The van der Waals surface area contributed by atoms with E-state index in [4.69, 9.17) is 0 Å². The third kappa shape index (κ3) is 4.46. The maximum absolute atomic E-state index is 12.9. The van der Waals surface area contributed by atoms with E-state index in [1.165, 1.54) is 43.5 Å². The van der Waals surface area contributed by atoms with Crippen LogP contribution >= 0.6 is 0 Å². The lowest BCUT2D eigenvalue weighted by Gasteiger charge is -2.15. The predicted molar refractivity (Wildman–Crippen MR) is 104 cm³/mol. The Hall–Kier alpha value is -3.33. The molecule has 0 aliphatic rings. The molecule has 0 aliphatic carbocycles. The summed E-state index contributed by atoms with van der Waals surface area (Å²) in [5.41, 5.74) is -3.75. The number of esters is 1. The van der Waals surface area contributed by atoms with Gasteiger partial charge in [-0.05, 0) is 41.0 Å². The first-order valence-electron chi connectivity index (χ1n) is 8.51. The topological polar surface area (TPSA) is 69.7 Å². The van der Waals surface area contributed by atoms with Crippen LogP contribution in [0.15, 0.2) is 72.8 Å². The van der Waals surface area contributed by atoms with Crippen molar-refractivity contribution in [2.75, 3.05) is 7.11 Å². The summed E-state index contributed by atoms with van der Waals surface area (Å²) in [5.74, 6) is -1.07. The summed E-state index contributed by atoms with van der Waals surface area (Å²) in [6.07, 6.45) is 0. The molecule has 0 atom stereocenters. The van der Waals surface area contributed by atoms with E-state index < -0.39 is 27.3 Å². The summed E-state index contributed by atoms with van der Waals surface area (Å²) >= 11 is 0. The lowest BCUT2D eigenvalue weighted by atomic mass is 9.98. The Kier molecular flexibility index (Phi) is 5.84. The minimum atomic E-state index is -5.88. The SMILES string of the molecule is COC(=O)c1ccc(-c2ccc(-c3ccccc3)cc2OS(=O)(=O)C(F)(F)F)cc1. The molecule has 0 fully saturated rings. The third-order valence-electron chi connectivity index (χ3n) is 4.19. The first-order valence-corrected chi connectivity index (χ1v) is 9.92. The van der Waals surface area contributed by atoms with Crippen molar-refractivity contribution >= 4 is 16.1 Å². The standard InChI is InChI=1S/C21H15F3O5S/c1-28-20(25)16-9-7-15(8-10-16)18-12-11-17(14-5-3-2-4-6-14)13-19(18)29-30(26,27)21(22,23)24/h2-13H,1H3. The quantitative estimate of drug-likeness (QED) is 0.319. The number of hydrogen-bond donors (Lipinski definition) is 0. The fraction of sp³-hybridized carbons (Fsp3) is 0.0952. The largest absolute Gasteiger partial charge is 0.534 e. The molecule has 3 rings (SSSR count). The predicted octanol–water partition coefficient (Wildman–Crippen LogP) is 5.04. The van der Waals surface area contributed by atoms with Gasteiger partial charge in [0.2, 0.25) is 0 Å². The zero-order valence-electron chi connectivity index (χ0n) is 15.5. The Balaban J connectivity index is 2.11. The molecule has 30 heavy (non-hydrogen) atoms. The van der Waals surface area contributed by atoms with Crippen LogP contribution in [0, 0.1) is 0 Å². The summed E-state index contributed by atoms with van der Waals surface area (Å²) in [7, 11) is -4.67. The number of benzene rings is 3. The van der Waals surface area contributed by atoms with Gasteiger partial charge in [-0.3, -0.25) is 0 Å². The van der Waals surface area contributed by atoms with Crippen molar-refractivity contribution in [1.82, 2.24) is 0 Å². The maximum Gasteiger partial charge on any atom is 0.534 e. The van der Waals surface area contributed by atoms with Gasteiger partial charge in [0.15, 0.2) is 5.75 Å². The number of carbonyl (C=O) groups is 1. The molecule has 0 amide bonds. The molecular weight excluding hydrogens is 421 g/mol. The molecule has 3 aromatic carbocycles. The van der Waals surface area contributed by atoms with E-state index in [2.05, 4.69) is 8.92 Å². The van der Waals surface area contributed by atoms with Crippen LogP contribution in [0.3, 0.4) is 0 Å². The van der Waals surface area contributed by atoms with Gasteiger partial charge in [0.25, 0.3) is 0 Å². The molecule has 0 spiro atoms. The van der Waals surface area contributed by atoms with Gasteiger partial charge in [-0.25, -0.2) is 4.79 Å². The van der Waals surface area contributed by atoms with E-state index in [0.29, 0.717) is 16.7 Å². The zero-order valence-corrected chi connectivity index (χ0v) is 16.3. The van der Waals surface area contributed by atoms with Crippen molar-refractivity contribution in [1.29, 1.82) is 0 Å². The molecule has 0 saturated heterocycles. The molecule has 3 aromatic rings. The molecule has 0 saturated carbocycles. The van der Waals surface area contributed by atoms with Crippen LogP contribution in [0.4, 0.5) is 13.2 Å². The van der Waals surface area contributed by atoms with Crippen molar-refractivity contribution in [3.05, 3.63) is 78.4 Å². The molecule has 9 heteroatoms. The Labute approximate surface area is 170 Å². The van der Waals surface area contributed by atoms with Crippen molar-refractivity contribution in [3.63, 3.8) is 0 Å². The van der Waals surface area contributed by atoms with Crippen molar-refractivity contribution in [2.45, 2.75) is 5.51 Å². The first kappa shape index (κ1) is 21.4. The molecule has 0 bridgehead atoms. The summed E-state index contributed by atoms with van der Waals surface area (Å²) < 4.78 is 71.0. The molecule has 0 aliphatic heterocycles. The average Bonchev–Trinajstić information content (AvgIpc) is 2.73. The average molecular weight is 436 g/mol. The Morgan fingerprint density at radius 3 is 2.00 bits per heavy atom. The van der Waals surface area contributed by atoms with E-state index in [1.807, 2.05) is 0 Å². The van der Waals surface area contributed by atoms with Crippen molar-refractivity contribution in [2.24, 2.45) is 0 Å². The van der Waals surface area contributed by atoms with Gasteiger partial charge >= 0.3 is 21.6 Å². The van der Waals surface area contributed by atoms with Crippen LogP contribution < -0.4 is 4.18 Å². The number of halogens is 3. The highest BCUT2D eigenvalue weighted by atomic mass is 32.2. The fourth-order valence-corrected chi connectivity index (χ4v) is 3.18. The Morgan fingerprint density at radius 1 is 0.833 bits per heavy atom. The molecule has 0 aromatic heterocycles. The van der Waals surface area contributed by atoms with Crippen LogP contribution in [-0.2, 0) is 14.9 Å². The molecule has 0 heterocycles.